The molecule has 2 unspecified atom stereocenters. The molecule has 0 heterocycles. The van der Waals surface area contributed by atoms with Crippen LogP contribution in [0.3, 0.4) is 0 Å². The minimum atomic E-state index is -4.44. The standard InChI is InChI=1S/C28H32O9S/c1-5-18(36-25(29)7-3)16-34-27-21-11-9-10-12-22(21)28(35-17-19(6-2)37-26(30)8-4)24-15-20(38(31,32)33)13-14-23(24)27/h7-13,18-19H,3-6,14-17H2,1-2H3,(H,31,32,33). The molecule has 9 nitrogen and oxygen atoms in total. The van der Waals surface area contributed by atoms with Crippen LogP contribution in [0.4, 0.5) is 0 Å². The van der Waals surface area contributed by atoms with Crippen LogP contribution in [0.5, 0.6) is 11.5 Å². The van der Waals surface area contributed by atoms with E-state index in [1.165, 1.54) is 6.08 Å². The summed E-state index contributed by atoms with van der Waals surface area (Å²) in [6.07, 6.45) is 3.56. The van der Waals surface area contributed by atoms with E-state index in [-0.39, 0.29) is 31.0 Å². The molecule has 0 bridgehead atoms. The van der Waals surface area contributed by atoms with Crippen molar-refractivity contribution in [2.45, 2.75) is 51.7 Å². The maximum absolute atomic E-state index is 12.0. The van der Waals surface area contributed by atoms with E-state index in [0.29, 0.717) is 46.2 Å². The van der Waals surface area contributed by atoms with Crippen molar-refractivity contribution in [3.8, 4) is 11.5 Å². The van der Waals surface area contributed by atoms with E-state index < -0.39 is 34.3 Å². The highest BCUT2D eigenvalue weighted by Gasteiger charge is 2.29. The Hall–Kier alpha value is -3.63. The lowest BCUT2D eigenvalue weighted by Gasteiger charge is -2.27. The summed E-state index contributed by atoms with van der Waals surface area (Å²) in [6.45, 7) is 10.6. The second-order valence-corrected chi connectivity index (χ2v) is 10.1. The first-order valence-corrected chi connectivity index (χ1v) is 13.7. The van der Waals surface area contributed by atoms with Gasteiger partial charge in [0.1, 0.15) is 36.9 Å². The monoisotopic (exact) mass is 544 g/mol. The second kappa shape index (κ2) is 12.7. The van der Waals surface area contributed by atoms with Crippen molar-refractivity contribution < 1.29 is 41.5 Å². The van der Waals surface area contributed by atoms with E-state index in [2.05, 4.69) is 13.2 Å². The predicted octanol–water partition coefficient (Wildman–Crippen LogP) is 4.48. The van der Waals surface area contributed by atoms with Gasteiger partial charge in [0.15, 0.2) is 0 Å². The molecular formula is C28H32O9S. The highest BCUT2D eigenvalue weighted by atomic mass is 32.2. The van der Waals surface area contributed by atoms with E-state index in [4.69, 9.17) is 18.9 Å². The lowest BCUT2D eigenvalue weighted by Crippen LogP contribution is -2.25. The first kappa shape index (κ1) is 28.9. The first-order chi connectivity index (χ1) is 18.1. The van der Waals surface area contributed by atoms with E-state index in [0.717, 1.165) is 12.2 Å². The highest BCUT2D eigenvalue weighted by Crippen LogP contribution is 2.44. The zero-order valence-corrected chi connectivity index (χ0v) is 22.3. The molecule has 0 aliphatic heterocycles. The lowest BCUT2D eigenvalue weighted by molar-refractivity contribution is -0.145. The number of carbonyl (C=O) groups excluding carboxylic acids is 2. The zero-order chi connectivity index (χ0) is 27.9. The van der Waals surface area contributed by atoms with Crippen molar-refractivity contribution >= 4 is 32.8 Å². The van der Waals surface area contributed by atoms with Crippen LogP contribution in [0.15, 0.2) is 60.6 Å². The largest absolute Gasteiger partial charge is 0.489 e. The summed E-state index contributed by atoms with van der Waals surface area (Å²) >= 11 is 0. The zero-order valence-electron chi connectivity index (χ0n) is 21.5. The van der Waals surface area contributed by atoms with Gasteiger partial charge in [-0.3, -0.25) is 4.55 Å². The SMILES string of the molecule is C=CC(=O)OC(CC)COc1c2c(c(OCC(CC)OC(=O)C=C)c3ccccc13)CC(S(=O)(=O)O)=CC2. The second-order valence-electron chi connectivity index (χ2n) is 8.65. The van der Waals surface area contributed by atoms with Gasteiger partial charge in [0.25, 0.3) is 10.1 Å². The minimum Gasteiger partial charge on any atom is -0.489 e. The van der Waals surface area contributed by atoms with Crippen molar-refractivity contribution in [2.24, 2.45) is 0 Å². The maximum Gasteiger partial charge on any atom is 0.330 e. The fourth-order valence-electron chi connectivity index (χ4n) is 4.12. The number of carbonyl (C=O) groups is 2. The Morgan fingerprint density at radius 1 is 0.921 bits per heavy atom. The Balaban J connectivity index is 2.08. The Morgan fingerprint density at radius 2 is 1.39 bits per heavy atom. The van der Waals surface area contributed by atoms with Gasteiger partial charge in [0.2, 0.25) is 0 Å². The molecule has 10 heteroatoms. The summed E-state index contributed by atoms with van der Waals surface area (Å²) in [4.78, 5) is 23.3. The molecule has 0 aromatic heterocycles. The maximum atomic E-state index is 12.0. The molecule has 1 aliphatic carbocycles. The van der Waals surface area contributed by atoms with Gasteiger partial charge in [-0.15, -0.1) is 0 Å². The Bertz CT molecular complexity index is 1360. The predicted molar refractivity (Wildman–Crippen MR) is 143 cm³/mol. The van der Waals surface area contributed by atoms with Crippen molar-refractivity contribution in [1.82, 2.24) is 0 Å². The fraction of sp³-hybridized carbons (Fsp3) is 0.357. The molecule has 0 amide bonds. The first-order valence-electron chi connectivity index (χ1n) is 12.3. The average molecular weight is 545 g/mol. The third kappa shape index (κ3) is 6.81. The number of hydrogen-bond donors (Lipinski definition) is 1. The van der Waals surface area contributed by atoms with E-state index in [9.17, 15) is 22.6 Å². The quantitative estimate of drug-likeness (QED) is 0.221. The normalized spacial score (nSPS) is 14.4. The van der Waals surface area contributed by atoms with Crippen molar-refractivity contribution in [3.05, 3.63) is 71.7 Å². The molecule has 2 aromatic carbocycles. The average Bonchev–Trinajstić information content (AvgIpc) is 2.91. The van der Waals surface area contributed by atoms with Gasteiger partial charge >= 0.3 is 11.9 Å². The summed E-state index contributed by atoms with van der Waals surface area (Å²) in [7, 11) is -4.44. The van der Waals surface area contributed by atoms with Crippen molar-refractivity contribution in [1.29, 1.82) is 0 Å². The molecule has 2 aromatic rings. The number of hydrogen-bond acceptors (Lipinski definition) is 8. The Kier molecular flexibility index (Phi) is 9.71. The molecule has 2 atom stereocenters. The fourth-order valence-corrected chi connectivity index (χ4v) is 4.74. The number of rotatable bonds is 13. The van der Waals surface area contributed by atoms with Crippen LogP contribution in [-0.4, -0.2) is 50.3 Å². The summed E-state index contributed by atoms with van der Waals surface area (Å²) in [5.41, 5.74) is 1.22. The van der Waals surface area contributed by atoms with Crippen LogP contribution in [0, 0.1) is 0 Å². The molecule has 1 aliphatic rings. The van der Waals surface area contributed by atoms with Crippen LogP contribution in [0.1, 0.15) is 37.8 Å². The number of fused-ring (bicyclic) bond motifs is 2. The molecule has 0 radical (unpaired) electrons. The van der Waals surface area contributed by atoms with Crippen LogP contribution < -0.4 is 9.47 Å². The molecule has 204 valence electrons. The van der Waals surface area contributed by atoms with E-state index >= 15 is 0 Å². The van der Waals surface area contributed by atoms with Gasteiger partial charge in [-0.1, -0.05) is 57.3 Å². The summed E-state index contributed by atoms with van der Waals surface area (Å²) in [5, 5.41) is 1.37. The van der Waals surface area contributed by atoms with Crippen molar-refractivity contribution in [2.75, 3.05) is 13.2 Å². The molecule has 0 fully saturated rings. The van der Waals surface area contributed by atoms with Gasteiger partial charge < -0.3 is 18.9 Å². The number of allylic oxidation sites excluding steroid dienone is 2. The van der Waals surface area contributed by atoms with E-state index in [1.807, 2.05) is 38.1 Å². The third-order valence-corrected chi connectivity index (χ3v) is 7.16. The molecule has 0 saturated heterocycles. The topological polar surface area (TPSA) is 125 Å². The molecular weight excluding hydrogens is 512 g/mol. The minimum absolute atomic E-state index is 0.0209. The summed E-state index contributed by atoms with van der Waals surface area (Å²) < 4.78 is 56.9. The molecule has 3 rings (SSSR count). The van der Waals surface area contributed by atoms with Crippen LogP contribution in [0.2, 0.25) is 0 Å². The molecule has 38 heavy (non-hydrogen) atoms. The van der Waals surface area contributed by atoms with Gasteiger partial charge in [-0.2, -0.15) is 8.42 Å². The Morgan fingerprint density at radius 3 is 1.82 bits per heavy atom. The van der Waals surface area contributed by atoms with Gasteiger partial charge in [-0.05, 0) is 19.3 Å². The number of benzene rings is 2. The molecule has 0 spiro atoms. The Labute approximate surface area is 222 Å². The lowest BCUT2D eigenvalue weighted by atomic mass is 9.90. The third-order valence-electron chi connectivity index (χ3n) is 6.18. The van der Waals surface area contributed by atoms with Crippen LogP contribution in [-0.2, 0) is 42.0 Å². The van der Waals surface area contributed by atoms with Gasteiger partial charge in [0, 0.05) is 40.5 Å². The van der Waals surface area contributed by atoms with Gasteiger partial charge in [0.05, 0.1) is 4.91 Å². The highest BCUT2D eigenvalue weighted by molar-refractivity contribution is 7.89. The van der Waals surface area contributed by atoms with Gasteiger partial charge in [-0.25, -0.2) is 9.59 Å². The summed E-state index contributed by atoms with van der Waals surface area (Å²) in [5.74, 6) is -0.211. The van der Waals surface area contributed by atoms with Crippen LogP contribution in [0.25, 0.3) is 10.8 Å². The number of ether oxygens (including phenoxy) is 4. The molecule has 1 N–H and O–H groups in total. The van der Waals surface area contributed by atoms with E-state index in [1.54, 1.807) is 0 Å². The molecule has 0 saturated carbocycles. The smallest absolute Gasteiger partial charge is 0.330 e. The van der Waals surface area contributed by atoms with Crippen molar-refractivity contribution in [3.63, 3.8) is 0 Å². The number of esters is 2. The van der Waals surface area contributed by atoms with Crippen LogP contribution >= 0.6 is 0 Å². The summed E-state index contributed by atoms with van der Waals surface area (Å²) in [6, 6.07) is 7.31.